The van der Waals surface area contributed by atoms with E-state index in [4.69, 9.17) is 4.74 Å². The van der Waals surface area contributed by atoms with Gasteiger partial charge in [-0.1, -0.05) is 79.5 Å². The van der Waals surface area contributed by atoms with Crippen LogP contribution in [0.25, 0.3) is 83.2 Å². The van der Waals surface area contributed by atoms with Crippen LogP contribution in [0, 0.1) is 73.1 Å². The zero-order chi connectivity index (χ0) is 95.7. The number of aryl methyl sites for hydroxylation is 3. The molecule has 6 aliphatic rings. The lowest BCUT2D eigenvalue weighted by molar-refractivity contribution is -0.129. The quantitative estimate of drug-likeness (QED) is 0.0652. The first-order valence-corrected chi connectivity index (χ1v) is 42.3. The van der Waals surface area contributed by atoms with Crippen molar-refractivity contribution in [3.8, 4) is 73.4 Å². The van der Waals surface area contributed by atoms with Crippen molar-refractivity contribution in [2.75, 3.05) is 90.9 Å². The number of aromatic hydroxyl groups is 3. The minimum Gasteiger partial charge on any atom is -0.507 e. The van der Waals surface area contributed by atoms with E-state index in [1.165, 1.54) is 57.1 Å². The lowest BCUT2D eigenvalue weighted by Crippen LogP contribution is -2.61. The van der Waals surface area contributed by atoms with Crippen molar-refractivity contribution in [2.45, 2.75) is 111 Å². The molecule has 6 aliphatic heterocycles. The van der Waals surface area contributed by atoms with Gasteiger partial charge in [-0.05, 0) is 135 Å². The molecule has 29 nitrogen and oxygen atoms in total. The Bertz CT molecular complexity index is 7190. The monoisotopic (exact) mass is 1830 g/mol. The van der Waals surface area contributed by atoms with Crippen molar-refractivity contribution < 1.29 is 83.5 Å². The Morgan fingerprint density at radius 2 is 0.842 bits per heavy atom. The number of nitrogens with one attached hydrogen (secondary N) is 1. The number of phenolic OH excluding ortho intramolecular Hbond substituents is 3. The number of fused-ring (bicyclic) bond motifs is 6. The average Bonchev–Trinajstić information content (AvgIpc) is 1.68. The molecule has 12 aromatic rings. The number of carbonyl (C=O) groups excluding carboxylic acids is 5. The summed E-state index contributed by atoms with van der Waals surface area (Å²) in [5.41, 5.74) is -6.70. The number of phenols is 3. The molecule has 0 aliphatic carbocycles. The highest BCUT2D eigenvalue weighted by molar-refractivity contribution is 6.16. The predicted molar refractivity (Wildman–Crippen MR) is 479 cm³/mol. The molecule has 0 spiro atoms. The summed E-state index contributed by atoms with van der Waals surface area (Å²) in [7, 11) is 1.27. The lowest BCUT2D eigenvalue weighted by Gasteiger charge is -2.45. The molecule has 4 N–H and O–H groups in total. The van der Waals surface area contributed by atoms with Crippen molar-refractivity contribution in [1.29, 1.82) is 0 Å². The molecular formula is C95H86F9N17O12. The van der Waals surface area contributed by atoms with E-state index in [0.29, 0.717) is 33.8 Å². The SMILES string of the molecule is C=CC(=O)N1CC(C)N2c3nc(=O)n(-c4c(C)ccnc4C(C)C)c4c(F)c(-c5c(O)cccc5F)c(F)c(c34)OCC2C1.C=CC(=O)N1CCN2c3nc(=O)n(-c4c(C)ccnc4C(C)C)c4c(F)c(-c5c(O)cccc5F)c(F)c(c34)N(C)C(=O)C2C1.C=CC(=O)N1CCN2c3nc(=O)n(-c4c(C)ccnc4C(C)C)c4c(F)c(-c5c(O)cccc5F)c(F)c(c34)NC(=O)C2C1. The molecule has 6 aromatic heterocycles. The first-order valence-electron chi connectivity index (χ1n) is 42.3. The molecule has 4 atom stereocenters. The smallest absolute Gasteiger partial charge is 0.354 e. The molecule has 4 unspecified atom stereocenters. The Morgan fingerprint density at radius 3 is 1.27 bits per heavy atom. The summed E-state index contributed by atoms with van der Waals surface area (Å²) in [6.45, 7) is 28.7. The number of hydrogen-bond donors (Lipinski definition) is 4. The van der Waals surface area contributed by atoms with Crippen LogP contribution in [0.15, 0.2) is 144 Å². The minimum atomic E-state index is -1.37. The summed E-state index contributed by atoms with van der Waals surface area (Å²) >= 11 is 0. The normalized spacial score (nSPS) is 16.8. The van der Waals surface area contributed by atoms with Crippen LogP contribution in [0.1, 0.15) is 100.0 Å². The van der Waals surface area contributed by atoms with Gasteiger partial charge < -0.3 is 59.7 Å². The fourth-order valence-corrected chi connectivity index (χ4v) is 18.6. The van der Waals surface area contributed by atoms with Crippen molar-refractivity contribution in [3.05, 3.63) is 247 Å². The first kappa shape index (κ1) is 91.1. The number of halogens is 9. The summed E-state index contributed by atoms with van der Waals surface area (Å²) in [4.78, 5) is 144. The Morgan fingerprint density at radius 1 is 0.459 bits per heavy atom. The molecule has 18 rings (SSSR count). The number of rotatable bonds is 12. The minimum absolute atomic E-state index is 0.00488. The third kappa shape index (κ3) is 14.8. The molecule has 12 heterocycles. The number of pyridine rings is 3. The van der Waals surface area contributed by atoms with Gasteiger partial charge in [0.15, 0.2) is 40.7 Å². The number of ether oxygens (including phenoxy) is 1. The molecule has 0 saturated carbocycles. The average molecular weight is 1830 g/mol. The van der Waals surface area contributed by atoms with Gasteiger partial charge in [0, 0.05) is 70.9 Å². The van der Waals surface area contributed by atoms with Crippen molar-refractivity contribution in [3.63, 3.8) is 0 Å². The van der Waals surface area contributed by atoms with Gasteiger partial charge in [0.25, 0.3) is 5.91 Å². The maximum absolute atomic E-state index is 17.2. The van der Waals surface area contributed by atoms with E-state index in [1.54, 1.807) is 68.1 Å². The number of nitrogens with zero attached hydrogens (tertiary/aromatic N) is 16. The molecular weight excluding hydrogens is 1740 g/mol. The Hall–Kier alpha value is -15.3. The number of hydrogen-bond acceptors (Lipinski definition) is 21. The fraction of sp³-hybridized carbons (Fsp3) is 0.284. The van der Waals surface area contributed by atoms with Crippen LogP contribution in [0.3, 0.4) is 0 Å². The largest absolute Gasteiger partial charge is 0.507 e. The van der Waals surface area contributed by atoms with Crippen LogP contribution in [-0.4, -0.2) is 193 Å². The van der Waals surface area contributed by atoms with E-state index in [1.807, 2.05) is 41.5 Å². The van der Waals surface area contributed by atoms with Crippen molar-refractivity contribution in [2.24, 2.45) is 0 Å². The topological polar surface area (TPSA) is 333 Å². The van der Waals surface area contributed by atoms with Gasteiger partial charge in [-0.25, -0.2) is 53.9 Å². The highest BCUT2D eigenvalue weighted by Gasteiger charge is 2.48. The van der Waals surface area contributed by atoms with Crippen LogP contribution < -0.4 is 46.7 Å². The van der Waals surface area contributed by atoms with Crippen LogP contribution in [0.4, 0.5) is 68.3 Å². The lowest BCUT2D eigenvalue weighted by atomic mass is 9.97. The second kappa shape index (κ2) is 34.9. The van der Waals surface area contributed by atoms with Gasteiger partial charge in [0.2, 0.25) is 23.6 Å². The summed E-state index contributed by atoms with van der Waals surface area (Å²) < 4.78 is 156. The predicted octanol–water partition coefficient (Wildman–Crippen LogP) is 13.3. The second-order valence-corrected chi connectivity index (χ2v) is 33.8. The third-order valence-electron chi connectivity index (χ3n) is 24.7. The highest BCUT2D eigenvalue weighted by atomic mass is 19.2. The zero-order valence-corrected chi connectivity index (χ0v) is 73.5. The number of amides is 5. The first-order chi connectivity index (χ1) is 63.3. The molecule has 0 bridgehead atoms. The van der Waals surface area contributed by atoms with E-state index in [-0.39, 0.29) is 133 Å². The van der Waals surface area contributed by atoms with Crippen LogP contribution in [-0.2, 0) is 24.0 Å². The van der Waals surface area contributed by atoms with Crippen LogP contribution >= 0.6 is 0 Å². The van der Waals surface area contributed by atoms with Gasteiger partial charge in [0.05, 0.1) is 114 Å². The summed E-state index contributed by atoms with van der Waals surface area (Å²) in [5, 5.41) is 33.8. The Kier molecular flexibility index (Phi) is 23.9. The number of piperazine rings is 3. The van der Waals surface area contributed by atoms with E-state index in [0.717, 1.165) is 67.2 Å². The molecule has 38 heteroatoms. The van der Waals surface area contributed by atoms with Gasteiger partial charge in [-0.3, -0.25) is 52.6 Å². The van der Waals surface area contributed by atoms with E-state index < -0.39 is 202 Å². The molecule has 6 aromatic carbocycles. The van der Waals surface area contributed by atoms with E-state index >= 15 is 39.5 Å². The summed E-state index contributed by atoms with van der Waals surface area (Å²) in [6.07, 6.45) is 8.05. The third-order valence-corrected chi connectivity index (χ3v) is 24.7. The molecule has 3 saturated heterocycles. The molecule has 3 fully saturated rings. The van der Waals surface area contributed by atoms with Crippen molar-refractivity contribution >= 4 is 91.1 Å². The number of anilines is 5. The van der Waals surface area contributed by atoms with Gasteiger partial charge in [-0.2, -0.15) is 15.0 Å². The number of likely N-dealkylation sites (N-methyl/N-ethyl adjacent to an activating group) is 1. The highest BCUT2D eigenvalue weighted by Crippen LogP contribution is 2.53. The van der Waals surface area contributed by atoms with Crippen molar-refractivity contribution in [1.82, 2.24) is 58.3 Å². The number of benzene rings is 6. The number of carbonyl (C=O) groups is 5. The Labute approximate surface area is 751 Å². The maximum Gasteiger partial charge on any atom is 0.354 e. The second-order valence-electron chi connectivity index (χ2n) is 33.8. The van der Waals surface area contributed by atoms with E-state index in [2.05, 4.69) is 55.0 Å². The summed E-state index contributed by atoms with van der Waals surface area (Å²) in [6, 6.07) is 11.2. The summed E-state index contributed by atoms with van der Waals surface area (Å²) in [5.74, 6) is -17.6. The fourth-order valence-electron chi connectivity index (χ4n) is 18.6. The van der Waals surface area contributed by atoms with Gasteiger partial charge in [-0.15, -0.1) is 0 Å². The number of aromatic nitrogens is 9. The maximum atomic E-state index is 17.2. The standard InChI is InChI=1S/C32H29F3N6O4.C32H30F3N5O4.C31H27F3N6O4/c1-6-20(43)39-12-13-40-18(14-39)31(44)38(5)28-23-29(25(35)22(24(28)34)21-17(33)8-7-9-19(21)42)41(32(45)37-30(23)40)27-16(4)10-11-36-26(27)15(2)3;1-6-21(42)38-12-17(5)39-18(13-38)14-44-30-24-29(25(34)23(26(30)35)22-19(33)8-7-9-20(22)41)40(32(43)37-31(24)39)28-16(4)10-11-36-27(28)15(2)3;1-5-19(42)38-11-12-39-17(13-38)30(43)36-26-22-28(24(34)21(23(26)33)20-16(32)7-6-8-18(20)41)40(31(44)37-29(22)39)27-15(4)9-10-35-25(27)14(2)3/h6-11,15,18,42H,1,12-14H2,2-5H3;6-11,15,17-18,41H,1,12-14H2,2-5H3;5-10,14,17,41H,1,11-13H2,2-4H3,(H,36,43). The van der Waals surface area contributed by atoms with Gasteiger partial charge in [0.1, 0.15) is 87.4 Å². The molecule has 5 amide bonds. The van der Waals surface area contributed by atoms with Crippen LogP contribution in [0.5, 0.6) is 23.0 Å². The Balaban J connectivity index is 0.000000145. The molecule has 686 valence electrons. The van der Waals surface area contributed by atoms with Gasteiger partial charge >= 0.3 is 17.1 Å². The zero-order valence-electron chi connectivity index (χ0n) is 73.5. The van der Waals surface area contributed by atoms with E-state index in [9.17, 15) is 53.7 Å². The van der Waals surface area contributed by atoms with Crippen LogP contribution in [0.2, 0.25) is 0 Å². The molecule has 0 radical (unpaired) electrons. The molecule has 133 heavy (non-hydrogen) atoms.